The van der Waals surface area contributed by atoms with Crippen molar-refractivity contribution in [3.8, 4) is 0 Å². The zero-order chi connectivity index (χ0) is 15.7. The normalized spacial score (nSPS) is 19.2. The molecule has 0 N–H and O–H groups in total. The summed E-state index contributed by atoms with van der Waals surface area (Å²) >= 11 is 0. The van der Waals surface area contributed by atoms with Gasteiger partial charge in [-0.15, -0.1) is 0 Å². The number of hydrogen-bond donors (Lipinski definition) is 0. The van der Waals surface area contributed by atoms with Crippen molar-refractivity contribution in [1.82, 2.24) is 0 Å². The molecular weight excluding hydrogens is 284 g/mol. The highest BCUT2D eigenvalue weighted by Gasteiger charge is 2.46. The van der Waals surface area contributed by atoms with Gasteiger partial charge in [0.2, 0.25) is 0 Å². The molecule has 0 spiro atoms. The highest BCUT2D eigenvalue weighted by molar-refractivity contribution is 5.95. The lowest BCUT2D eigenvalue weighted by Crippen LogP contribution is -2.30. The molecule has 3 aromatic rings. The third kappa shape index (κ3) is 2.23. The Morgan fingerprint density at radius 3 is 2.09 bits per heavy atom. The smallest absolute Gasteiger partial charge is 0.339 e. The number of esters is 1. The van der Waals surface area contributed by atoms with Gasteiger partial charge in [0.05, 0.1) is 5.56 Å². The van der Waals surface area contributed by atoms with E-state index in [-0.39, 0.29) is 5.97 Å². The Morgan fingerprint density at radius 1 is 0.739 bits per heavy atom. The maximum Gasteiger partial charge on any atom is 0.339 e. The summed E-state index contributed by atoms with van der Waals surface area (Å²) in [6, 6.07) is 27.8. The molecule has 2 heteroatoms. The summed E-state index contributed by atoms with van der Waals surface area (Å²) in [7, 11) is 0. The molecule has 0 bridgehead atoms. The third-order valence-electron chi connectivity index (χ3n) is 4.38. The first-order valence-corrected chi connectivity index (χ1v) is 7.72. The molecule has 0 unspecified atom stereocenters. The van der Waals surface area contributed by atoms with E-state index in [2.05, 4.69) is 12.1 Å². The maximum atomic E-state index is 12.4. The molecule has 1 atom stereocenters. The second-order valence-electron chi connectivity index (χ2n) is 5.79. The molecule has 0 saturated carbocycles. The van der Waals surface area contributed by atoms with Gasteiger partial charge in [-0.05, 0) is 11.6 Å². The molecule has 2 nitrogen and oxygen atoms in total. The first-order valence-electron chi connectivity index (χ1n) is 7.72. The fourth-order valence-electron chi connectivity index (χ4n) is 3.32. The molecule has 1 heterocycles. The highest BCUT2D eigenvalue weighted by Crippen LogP contribution is 2.44. The summed E-state index contributed by atoms with van der Waals surface area (Å²) in [4.78, 5) is 12.4. The Morgan fingerprint density at radius 2 is 1.35 bits per heavy atom. The van der Waals surface area contributed by atoms with Crippen LogP contribution in [0.3, 0.4) is 0 Å². The molecule has 0 aliphatic carbocycles. The lowest BCUT2D eigenvalue weighted by Gasteiger charge is -2.30. The predicted octanol–water partition coefficient (Wildman–Crippen LogP) is 4.34. The van der Waals surface area contributed by atoms with E-state index in [4.69, 9.17) is 4.74 Å². The van der Waals surface area contributed by atoms with Gasteiger partial charge in [-0.3, -0.25) is 0 Å². The van der Waals surface area contributed by atoms with Crippen LogP contribution in [0.25, 0.3) is 0 Å². The second-order valence-corrected chi connectivity index (χ2v) is 5.79. The Labute approximate surface area is 135 Å². The van der Waals surface area contributed by atoms with Crippen LogP contribution in [0.4, 0.5) is 0 Å². The molecule has 3 aromatic carbocycles. The van der Waals surface area contributed by atoms with E-state index in [1.165, 1.54) is 0 Å². The standard InChI is InChI=1S/C21H16O2/c22-20-18-13-7-8-14-19(18)21(23-20,17-11-5-2-6-12-17)15-16-9-3-1-4-10-16/h1-14H,15H2/t21-/m1/s1. The molecular formula is C21H16O2. The van der Waals surface area contributed by atoms with Gasteiger partial charge in [0.15, 0.2) is 5.60 Å². The minimum absolute atomic E-state index is 0.250. The van der Waals surface area contributed by atoms with Crippen molar-refractivity contribution in [2.45, 2.75) is 12.0 Å². The number of rotatable bonds is 3. The number of hydrogen-bond acceptors (Lipinski definition) is 2. The van der Waals surface area contributed by atoms with Crippen molar-refractivity contribution in [3.05, 3.63) is 107 Å². The quantitative estimate of drug-likeness (QED) is 0.672. The number of carbonyl (C=O) groups is 1. The van der Waals surface area contributed by atoms with Crippen LogP contribution in [-0.4, -0.2) is 5.97 Å². The zero-order valence-corrected chi connectivity index (χ0v) is 12.6. The zero-order valence-electron chi connectivity index (χ0n) is 12.6. The number of carbonyl (C=O) groups excluding carboxylic acids is 1. The molecule has 0 radical (unpaired) electrons. The number of ether oxygens (including phenoxy) is 1. The maximum absolute atomic E-state index is 12.4. The summed E-state index contributed by atoms with van der Waals surface area (Å²) in [5, 5.41) is 0. The van der Waals surface area contributed by atoms with Crippen LogP contribution in [0, 0.1) is 0 Å². The lowest BCUT2D eigenvalue weighted by atomic mass is 9.81. The van der Waals surface area contributed by atoms with Crippen LogP contribution < -0.4 is 0 Å². The number of fused-ring (bicyclic) bond motifs is 1. The summed E-state index contributed by atoms with van der Waals surface area (Å²) in [6.07, 6.45) is 0.626. The molecule has 0 aromatic heterocycles. The van der Waals surface area contributed by atoms with Gasteiger partial charge in [-0.1, -0.05) is 78.9 Å². The van der Waals surface area contributed by atoms with Gasteiger partial charge in [-0.2, -0.15) is 0 Å². The molecule has 1 aliphatic rings. The van der Waals surface area contributed by atoms with E-state index in [1.807, 2.05) is 72.8 Å². The topological polar surface area (TPSA) is 26.3 Å². The fourth-order valence-corrected chi connectivity index (χ4v) is 3.32. The Balaban J connectivity index is 1.92. The van der Waals surface area contributed by atoms with E-state index >= 15 is 0 Å². The third-order valence-corrected chi connectivity index (χ3v) is 4.38. The summed E-state index contributed by atoms with van der Waals surface area (Å²) in [5.41, 5.74) is 2.99. The molecule has 0 fully saturated rings. The molecule has 23 heavy (non-hydrogen) atoms. The Kier molecular flexibility index (Phi) is 3.23. The van der Waals surface area contributed by atoms with Crippen molar-refractivity contribution in [2.24, 2.45) is 0 Å². The van der Waals surface area contributed by atoms with E-state index in [1.54, 1.807) is 0 Å². The largest absolute Gasteiger partial charge is 0.445 e. The summed E-state index contributed by atoms with van der Waals surface area (Å²) in [6.45, 7) is 0. The molecule has 4 rings (SSSR count). The van der Waals surface area contributed by atoms with Crippen molar-refractivity contribution in [2.75, 3.05) is 0 Å². The summed E-state index contributed by atoms with van der Waals surface area (Å²) < 4.78 is 5.97. The van der Waals surface area contributed by atoms with Crippen LogP contribution in [0.2, 0.25) is 0 Å². The van der Waals surface area contributed by atoms with Crippen LogP contribution in [0.15, 0.2) is 84.9 Å². The van der Waals surface area contributed by atoms with E-state index < -0.39 is 5.60 Å². The van der Waals surface area contributed by atoms with Crippen molar-refractivity contribution >= 4 is 5.97 Å². The van der Waals surface area contributed by atoms with Crippen molar-refractivity contribution in [3.63, 3.8) is 0 Å². The number of benzene rings is 3. The van der Waals surface area contributed by atoms with Crippen LogP contribution in [0.5, 0.6) is 0 Å². The average Bonchev–Trinajstić information content (AvgIpc) is 2.90. The van der Waals surface area contributed by atoms with Gasteiger partial charge >= 0.3 is 5.97 Å². The highest BCUT2D eigenvalue weighted by atomic mass is 16.6. The Bertz CT molecular complexity index is 840. The Hall–Kier alpha value is -2.87. The second kappa shape index (κ2) is 5.40. The molecule has 1 aliphatic heterocycles. The van der Waals surface area contributed by atoms with Crippen molar-refractivity contribution < 1.29 is 9.53 Å². The van der Waals surface area contributed by atoms with E-state index in [0.717, 1.165) is 16.7 Å². The predicted molar refractivity (Wildman–Crippen MR) is 89.2 cm³/mol. The van der Waals surface area contributed by atoms with E-state index in [0.29, 0.717) is 12.0 Å². The van der Waals surface area contributed by atoms with Gasteiger partial charge < -0.3 is 4.74 Å². The van der Waals surface area contributed by atoms with Crippen LogP contribution in [-0.2, 0) is 16.8 Å². The van der Waals surface area contributed by atoms with Crippen LogP contribution in [0.1, 0.15) is 27.0 Å². The van der Waals surface area contributed by atoms with Gasteiger partial charge in [0.25, 0.3) is 0 Å². The van der Waals surface area contributed by atoms with Crippen LogP contribution >= 0.6 is 0 Å². The average molecular weight is 300 g/mol. The first kappa shape index (κ1) is 13.8. The molecule has 0 saturated heterocycles. The van der Waals surface area contributed by atoms with Gasteiger partial charge in [0, 0.05) is 17.5 Å². The lowest BCUT2D eigenvalue weighted by molar-refractivity contribution is 0.0109. The van der Waals surface area contributed by atoms with Gasteiger partial charge in [-0.25, -0.2) is 4.79 Å². The minimum Gasteiger partial charge on any atom is -0.445 e. The monoisotopic (exact) mass is 300 g/mol. The van der Waals surface area contributed by atoms with E-state index in [9.17, 15) is 4.79 Å². The SMILES string of the molecule is O=C1O[C@](Cc2ccccc2)(c2ccccc2)c2ccccc21. The van der Waals surface area contributed by atoms with Gasteiger partial charge in [0.1, 0.15) is 0 Å². The van der Waals surface area contributed by atoms with Crippen molar-refractivity contribution in [1.29, 1.82) is 0 Å². The minimum atomic E-state index is -0.754. The number of cyclic esters (lactones) is 1. The molecule has 112 valence electrons. The summed E-state index contributed by atoms with van der Waals surface area (Å²) in [5.74, 6) is -0.250. The molecule has 0 amide bonds. The first-order chi connectivity index (χ1) is 11.3. The fraction of sp³-hybridized carbons (Fsp3) is 0.0952.